The average Bonchev–Trinajstić information content (AvgIpc) is 3.12. The Morgan fingerprint density at radius 3 is 2.43 bits per heavy atom. The number of aliphatic hydroxyl groups excluding tert-OH is 1. The van der Waals surface area contributed by atoms with Crippen LogP contribution in [0.1, 0.15) is 40.4 Å². The minimum absolute atomic E-state index is 0.0408. The number of benzene rings is 3. The minimum atomic E-state index is -1.02. The number of carbonyl (C=O) groups excluding carboxylic acids is 1. The van der Waals surface area contributed by atoms with Gasteiger partial charge in [-0.05, 0) is 59.9 Å². The highest BCUT2D eigenvalue weighted by Crippen LogP contribution is 2.30. The van der Waals surface area contributed by atoms with E-state index in [4.69, 9.17) is 9.47 Å². The van der Waals surface area contributed by atoms with Gasteiger partial charge in [0.15, 0.2) is 11.5 Å². The number of carbonyl (C=O) groups is 1. The van der Waals surface area contributed by atoms with Crippen molar-refractivity contribution in [1.29, 1.82) is 0 Å². The standard InChI is InChI=1S/C29H32F2N2O4/c1-2-19-5-3-6-20(11-19)17-32-18-26(34)25(14-21-12-23(30)16-24(31)13-21)33-29(35)22-7-8-27-28(15-22)37-10-4-9-36-27/h3,5-8,11-13,15-16,25-26,32,34H,2,4,9-10,14,17-18H2,1H3,(H,33,35)/t25-,26-/m0/s1. The zero-order chi connectivity index (χ0) is 26.2. The summed E-state index contributed by atoms with van der Waals surface area (Å²) in [7, 11) is 0. The normalized spacial score (nSPS) is 14.5. The number of aryl methyl sites for hydroxylation is 1. The first-order chi connectivity index (χ1) is 17.9. The topological polar surface area (TPSA) is 79.8 Å². The van der Waals surface area contributed by atoms with Gasteiger partial charge in [-0.1, -0.05) is 31.2 Å². The zero-order valence-corrected chi connectivity index (χ0v) is 20.8. The number of hydrogen-bond acceptors (Lipinski definition) is 5. The second-order valence-electron chi connectivity index (χ2n) is 9.15. The molecule has 0 aliphatic carbocycles. The quantitative estimate of drug-likeness (QED) is 0.381. The molecule has 3 aromatic carbocycles. The van der Waals surface area contributed by atoms with Crippen LogP contribution in [0.2, 0.25) is 0 Å². The summed E-state index contributed by atoms with van der Waals surface area (Å²) in [6.45, 7) is 3.80. The predicted molar refractivity (Wildman–Crippen MR) is 137 cm³/mol. The Bertz CT molecular complexity index is 1200. The van der Waals surface area contributed by atoms with E-state index in [0.29, 0.717) is 42.4 Å². The summed E-state index contributed by atoms with van der Waals surface area (Å²) in [4.78, 5) is 13.1. The highest BCUT2D eigenvalue weighted by atomic mass is 19.1. The molecule has 0 saturated heterocycles. The van der Waals surface area contributed by atoms with Crippen LogP contribution in [0.15, 0.2) is 60.7 Å². The van der Waals surface area contributed by atoms with Gasteiger partial charge in [-0.15, -0.1) is 0 Å². The third kappa shape index (κ3) is 7.50. The molecule has 1 aliphatic rings. The van der Waals surface area contributed by atoms with Gasteiger partial charge in [0.05, 0.1) is 25.4 Å². The Morgan fingerprint density at radius 2 is 1.68 bits per heavy atom. The lowest BCUT2D eigenvalue weighted by Crippen LogP contribution is -2.48. The molecular weight excluding hydrogens is 478 g/mol. The summed E-state index contributed by atoms with van der Waals surface area (Å²) in [5, 5.41) is 17.1. The zero-order valence-electron chi connectivity index (χ0n) is 20.8. The molecule has 0 fully saturated rings. The van der Waals surface area contributed by atoms with Gasteiger partial charge in [0.25, 0.3) is 5.91 Å². The number of hydrogen-bond donors (Lipinski definition) is 3. The smallest absolute Gasteiger partial charge is 0.251 e. The van der Waals surface area contributed by atoms with Gasteiger partial charge in [-0.2, -0.15) is 0 Å². The van der Waals surface area contributed by atoms with E-state index in [1.165, 1.54) is 17.7 Å². The number of aliphatic hydroxyl groups is 1. The van der Waals surface area contributed by atoms with Gasteiger partial charge >= 0.3 is 0 Å². The van der Waals surface area contributed by atoms with E-state index in [2.05, 4.69) is 29.7 Å². The largest absolute Gasteiger partial charge is 0.490 e. The lowest BCUT2D eigenvalue weighted by Gasteiger charge is -2.25. The van der Waals surface area contributed by atoms with Crippen molar-refractivity contribution >= 4 is 5.91 Å². The fraction of sp³-hybridized carbons (Fsp3) is 0.345. The van der Waals surface area contributed by atoms with E-state index in [1.54, 1.807) is 18.2 Å². The van der Waals surface area contributed by atoms with Crippen molar-refractivity contribution in [3.05, 3.63) is 94.6 Å². The molecule has 0 saturated carbocycles. The van der Waals surface area contributed by atoms with Crippen molar-refractivity contribution in [3.63, 3.8) is 0 Å². The molecule has 1 aliphatic heterocycles. The number of fused-ring (bicyclic) bond motifs is 1. The monoisotopic (exact) mass is 510 g/mol. The van der Waals surface area contributed by atoms with Crippen molar-refractivity contribution in [2.75, 3.05) is 19.8 Å². The molecule has 0 spiro atoms. The van der Waals surface area contributed by atoms with Gasteiger partial charge in [0.2, 0.25) is 0 Å². The maximum absolute atomic E-state index is 13.8. The maximum atomic E-state index is 13.8. The van der Waals surface area contributed by atoms with E-state index in [-0.39, 0.29) is 13.0 Å². The van der Waals surface area contributed by atoms with Crippen LogP contribution in [0.5, 0.6) is 11.5 Å². The number of amides is 1. The summed E-state index contributed by atoms with van der Waals surface area (Å²) in [6, 6.07) is 15.4. The van der Waals surface area contributed by atoms with Crippen molar-refractivity contribution in [2.24, 2.45) is 0 Å². The number of rotatable bonds is 10. The summed E-state index contributed by atoms with van der Waals surface area (Å²) < 4.78 is 39.0. The fourth-order valence-corrected chi connectivity index (χ4v) is 4.29. The van der Waals surface area contributed by atoms with Gasteiger partial charge in [-0.3, -0.25) is 4.79 Å². The first-order valence-electron chi connectivity index (χ1n) is 12.5. The second-order valence-corrected chi connectivity index (χ2v) is 9.15. The van der Waals surface area contributed by atoms with Crippen LogP contribution in [0.3, 0.4) is 0 Å². The average molecular weight is 511 g/mol. The number of ether oxygens (including phenoxy) is 2. The fourth-order valence-electron chi connectivity index (χ4n) is 4.29. The lowest BCUT2D eigenvalue weighted by molar-refractivity contribution is 0.0829. The molecule has 2 atom stereocenters. The van der Waals surface area contributed by atoms with Crippen molar-refractivity contribution < 1.29 is 28.2 Å². The van der Waals surface area contributed by atoms with Crippen molar-refractivity contribution in [3.8, 4) is 11.5 Å². The third-order valence-corrected chi connectivity index (χ3v) is 6.25. The molecule has 3 N–H and O–H groups in total. The molecule has 0 bridgehead atoms. The Kier molecular flexibility index (Phi) is 9.09. The van der Waals surface area contributed by atoms with E-state index in [0.717, 1.165) is 24.5 Å². The van der Waals surface area contributed by atoms with E-state index >= 15 is 0 Å². The van der Waals surface area contributed by atoms with Crippen LogP contribution in [0.25, 0.3) is 0 Å². The van der Waals surface area contributed by atoms with Crippen molar-refractivity contribution in [1.82, 2.24) is 10.6 Å². The van der Waals surface area contributed by atoms with E-state index in [9.17, 15) is 18.7 Å². The molecule has 0 radical (unpaired) electrons. The van der Waals surface area contributed by atoms with Crippen molar-refractivity contribution in [2.45, 2.75) is 44.9 Å². The minimum Gasteiger partial charge on any atom is -0.490 e. The highest BCUT2D eigenvalue weighted by Gasteiger charge is 2.24. The van der Waals surface area contributed by atoms with Crippen LogP contribution >= 0.6 is 0 Å². The number of halogens is 2. The van der Waals surface area contributed by atoms with Crippen LogP contribution in [0.4, 0.5) is 8.78 Å². The molecule has 8 heteroatoms. The molecule has 0 unspecified atom stereocenters. The molecule has 1 heterocycles. The molecule has 3 aromatic rings. The third-order valence-electron chi connectivity index (χ3n) is 6.25. The molecular formula is C29H32F2N2O4. The van der Waals surface area contributed by atoms with Gasteiger partial charge in [0.1, 0.15) is 11.6 Å². The Labute approximate surface area is 215 Å². The van der Waals surface area contributed by atoms with Gasteiger partial charge < -0.3 is 25.2 Å². The Balaban J connectivity index is 1.47. The first-order valence-corrected chi connectivity index (χ1v) is 12.5. The summed E-state index contributed by atoms with van der Waals surface area (Å²) >= 11 is 0. The molecule has 37 heavy (non-hydrogen) atoms. The summed E-state index contributed by atoms with van der Waals surface area (Å²) in [5.74, 6) is -0.826. The van der Waals surface area contributed by atoms with Crippen LogP contribution in [0, 0.1) is 11.6 Å². The molecule has 6 nitrogen and oxygen atoms in total. The lowest BCUT2D eigenvalue weighted by atomic mass is 10.00. The van der Waals surface area contributed by atoms with Gasteiger partial charge in [0, 0.05) is 31.1 Å². The first kappa shape index (κ1) is 26.6. The predicted octanol–water partition coefficient (Wildman–Crippen LogP) is 4.18. The molecule has 1 amide bonds. The summed E-state index contributed by atoms with van der Waals surface area (Å²) in [5.41, 5.74) is 2.95. The second kappa shape index (κ2) is 12.7. The maximum Gasteiger partial charge on any atom is 0.251 e. The van der Waals surface area contributed by atoms with Crippen LogP contribution in [-0.2, 0) is 19.4 Å². The number of nitrogens with one attached hydrogen (secondary N) is 2. The van der Waals surface area contributed by atoms with E-state index < -0.39 is 29.7 Å². The Hall–Kier alpha value is -3.49. The molecule has 4 rings (SSSR count). The van der Waals surface area contributed by atoms with Gasteiger partial charge in [-0.25, -0.2) is 8.78 Å². The van der Waals surface area contributed by atoms with E-state index in [1.807, 2.05) is 12.1 Å². The Morgan fingerprint density at radius 1 is 0.946 bits per heavy atom. The molecule has 0 aromatic heterocycles. The summed E-state index contributed by atoms with van der Waals surface area (Å²) in [6.07, 6.45) is 0.683. The van der Waals surface area contributed by atoms with Crippen LogP contribution < -0.4 is 20.1 Å². The van der Waals surface area contributed by atoms with Crippen LogP contribution in [-0.4, -0.2) is 42.9 Å². The SMILES string of the molecule is CCc1cccc(CNC[C@H](O)[C@H](Cc2cc(F)cc(F)c2)NC(=O)c2ccc3c(c2)OCCCO3)c1. The molecule has 196 valence electrons. The highest BCUT2D eigenvalue weighted by molar-refractivity contribution is 5.95.